The fourth-order valence-corrected chi connectivity index (χ4v) is 4.18. The van der Waals surface area contributed by atoms with Crippen molar-refractivity contribution < 1.29 is 0 Å². The monoisotopic (exact) mass is 390 g/mol. The number of hydrogen-bond acceptors (Lipinski definition) is 4. The molecule has 2 aromatic carbocycles. The van der Waals surface area contributed by atoms with Crippen molar-refractivity contribution in [2.75, 3.05) is 19.6 Å². The summed E-state index contributed by atoms with van der Waals surface area (Å²) in [7, 11) is 0. The molecule has 3 aromatic rings. The van der Waals surface area contributed by atoms with Gasteiger partial charge < -0.3 is 5.32 Å². The number of nitrogens with zero attached hydrogens (tertiary/aromatic N) is 3. The molecule has 29 heavy (non-hydrogen) atoms. The summed E-state index contributed by atoms with van der Waals surface area (Å²) in [6.45, 7) is 8.21. The number of para-hydroxylation sites is 1. The van der Waals surface area contributed by atoms with Crippen molar-refractivity contribution in [1.29, 1.82) is 0 Å². The normalized spacial score (nSPS) is 20.2. The summed E-state index contributed by atoms with van der Waals surface area (Å²) >= 11 is 0. The topological polar surface area (TPSA) is 50.2 Å². The Balaban J connectivity index is 1.58. The molecule has 1 aromatic heterocycles. The maximum Gasteiger partial charge on any atom is 0.261 e. The molecule has 2 atom stereocenters. The molecular weight excluding hydrogens is 360 g/mol. The molecule has 0 aliphatic carbocycles. The van der Waals surface area contributed by atoms with Crippen LogP contribution in [0.4, 0.5) is 0 Å². The highest BCUT2D eigenvalue weighted by molar-refractivity contribution is 5.77. The number of aryl methyl sites for hydroxylation is 1. The van der Waals surface area contributed by atoms with Crippen LogP contribution in [0, 0.1) is 0 Å². The Morgan fingerprint density at radius 1 is 1.07 bits per heavy atom. The molecule has 0 amide bonds. The minimum atomic E-state index is 0.0543. The van der Waals surface area contributed by atoms with Crippen LogP contribution >= 0.6 is 0 Å². The smallest absolute Gasteiger partial charge is 0.261 e. The predicted molar refractivity (Wildman–Crippen MR) is 118 cm³/mol. The van der Waals surface area contributed by atoms with E-state index in [4.69, 9.17) is 4.98 Å². The summed E-state index contributed by atoms with van der Waals surface area (Å²) in [5, 5.41) is 4.23. The van der Waals surface area contributed by atoms with Gasteiger partial charge in [-0.15, -0.1) is 0 Å². The van der Waals surface area contributed by atoms with Gasteiger partial charge in [-0.2, -0.15) is 0 Å². The van der Waals surface area contributed by atoms with E-state index in [-0.39, 0.29) is 5.56 Å². The van der Waals surface area contributed by atoms with E-state index in [1.54, 1.807) is 0 Å². The largest absolute Gasteiger partial charge is 0.311 e. The van der Waals surface area contributed by atoms with Crippen molar-refractivity contribution in [2.24, 2.45) is 0 Å². The second kappa shape index (κ2) is 8.89. The SMILES string of the molecule is CC1CN(CCCc2nc3ccccc3c(=O)n2Cc2ccccc2)C(C)CN1. The van der Waals surface area contributed by atoms with Gasteiger partial charge in [0.25, 0.3) is 5.56 Å². The van der Waals surface area contributed by atoms with Gasteiger partial charge in [-0.25, -0.2) is 4.98 Å². The lowest BCUT2D eigenvalue weighted by molar-refractivity contribution is 0.145. The third kappa shape index (κ3) is 4.57. The first-order chi connectivity index (χ1) is 14.1. The Morgan fingerprint density at radius 2 is 1.83 bits per heavy atom. The van der Waals surface area contributed by atoms with Crippen LogP contribution in [0.5, 0.6) is 0 Å². The number of rotatable bonds is 6. The van der Waals surface area contributed by atoms with Crippen LogP contribution in [-0.4, -0.2) is 46.2 Å². The van der Waals surface area contributed by atoms with Crippen molar-refractivity contribution >= 4 is 10.9 Å². The van der Waals surface area contributed by atoms with Gasteiger partial charge in [0, 0.05) is 31.6 Å². The summed E-state index contributed by atoms with van der Waals surface area (Å²) < 4.78 is 1.86. The summed E-state index contributed by atoms with van der Waals surface area (Å²) in [5.41, 5.74) is 1.97. The molecule has 5 nitrogen and oxygen atoms in total. The average molecular weight is 391 g/mol. The summed E-state index contributed by atoms with van der Waals surface area (Å²) in [6, 6.07) is 18.9. The van der Waals surface area contributed by atoms with Crippen LogP contribution in [0.15, 0.2) is 59.4 Å². The maximum atomic E-state index is 13.2. The number of aromatic nitrogens is 2. The molecule has 5 heteroatoms. The van der Waals surface area contributed by atoms with Gasteiger partial charge in [0.05, 0.1) is 17.4 Å². The molecule has 0 spiro atoms. The third-order valence-corrected chi connectivity index (χ3v) is 5.86. The zero-order valence-corrected chi connectivity index (χ0v) is 17.3. The second-order valence-corrected chi connectivity index (χ2v) is 8.18. The van der Waals surface area contributed by atoms with Crippen molar-refractivity contribution in [3.63, 3.8) is 0 Å². The van der Waals surface area contributed by atoms with E-state index in [9.17, 15) is 4.79 Å². The van der Waals surface area contributed by atoms with E-state index in [0.717, 1.165) is 49.4 Å². The highest BCUT2D eigenvalue weighted by atomic mass is 16.1. The van der Waals surface area contributed by atoms with Crippen LogP contribution in [-0.2, 0) is 13.0 Å². The Labute approximate surface area is 172 Å². The first-order valence-electron chi connectivity index (χ1n) is 10.6. The Bertz CT molecular complexity index is 1010. The van der Waals surface area contributed by atoms with Gasteiger partial charge in [0.2, 0.25) is 0 Å². The zero-order chi connectivity index (χ0) is 20.2. The van der Waals surface area contributed by atoms with E-state index in [0.29, 0.717) is 24.0 Å². The molecule has 2 heterocycles. The number of benzene rings is 2. The molecular formula is C24H30N4O. The molecule has 1 fully saturated rings. The van der Waals surface area contributed by atoms with Crippen molar-refractivity contribution in [2.45, 2.75) is 45.3 Å². The molecule has 1 N–H and O–H groups in total. The van der Waals surface area contributed by atoms with Crippen molar-refractivity contribution in [3.05, 3.63) is 76.3 Å². The Hall–Kier alpha value is -2.50. The van der Waals surface area contributed by atoms with Gasteiger partial charge in [0.15, 0.2) is 0 Å². The fourth-order valence-electron chi connectivity index (χ4n) is 4.18. The van der Waals surface area contributed by atoms with Gasteiger partial charge in [-0.05, 0) is 44.5 Å². The average Bonchev–Trinajstić information content (AvgIpc) is 2.74. The number of piperazine rings is 1. The van der Waals surface area contributed by atoms with Gasteiger partial charge in [-0.1, -0.05) is 42.5 Å². The van der Waals surface area contributed by atoms with Crippen LogP contribution in [0.25, 0.3) is 10.9 Å². The molecule has 2 unspecified atom stereocenters. The lowest BCUT2D eigenvalue weighted by atomic mass is 10.1. The highest BCUT2D eigenvalue weighted by Gasteiger charge is 2.22. The quantitative estimate of drug-likeness (QED) is 0.703. The first-order valence-corrected chi connectivity index (χ1v) is 10.6. The third-order valence-electron chi connectivity index (χ3n) is 5.86. The van der Waals surface area contributed by atoms with E-state index >= 15 is 0 Å². The standard InChI is InChI=1S/C24H30N4O/c1-18-16-27(19(2)15-25-18)14-8-13-23-26-22-12-7-6-11-21(22)24(29)28(23)17-20-9-4-3-5-10-20/h3-7,9-12,18-19,25H,8,13-17H2,1-2H3. The predicted octanol–water partition coefficient (Wildman–Crippen LogP) is 3.06. The number of nitrogens with one attached hydrogen (secondary N) is 1. The molecule has 1 saturated heterocycles. The number of hydrogen-bond donors (Lipinski definition) is 1. The summed E-state index contributed by atoms with van der Waals surface area (Å²) in [6.07, 6.45) is 1.80. The highest BCUT2D eigenvalue weighted by Crippen LogP contribution is 2.13. The van der Waals surface area contributed by atoms with Gasteiger partial charge in [-0.3, -0.25) is 14.3 Å². The lowest BCUT2D eigenvalue weighted by Crippen LogP contribution is -2.54. The molecule has 0 bridgehead atoms. The van der Waals surface area contributed by atoms with Gasteiger partial charge in [0.1, 0.15) is 5.82 Å². The Kier molecular flexibility index (Phi) is 6.07. The van der Waals surface area contributed by atoms with Crippen LogP contribution < -0.4 is 10.9 Å². The summed E-state index contributed by atoms with van der Waals surface area (Å²) in [5.74, 6) is 0.883. The lowest BCUT2D eigenvalue weighted by Gasteiger charge is -2.37. The molecule has 0 radical (unpaired) electrons. The first kappa shape index (κ1) is 19.8. The number of fused-ring (bicyclic) bond motifs is 1. The van der Waals surface area contributed by atoms with Crippen molar-refractivity contribution in [3.8, 4) is 0 Å². The van der Waals surface area contributed by atoms with Crippen molar-refractivity contribution in [1.82, 2.24) is 19.8 Å². The van der Waals surface area contributed by atoms with E-state index < -0.39 is 0 Å². The van der Waals surface area contributed by atoms with Crippen LogP contribution in [0.2, 0.25) is 0 Å². The minimum absolute atomic E-state index is 0.0543. The fraction of sp³-hybridized carbons (Fsp3) is 0.417. The zero-order valence-electron chi connectivity index (χ0n) is 17.3. The van der Waals surface area contributed by atoms with E-state index in [1.165, 1.54) is 0 Å². The molecule has 152 valence electrons. The summed E-state index contributed by atoms with van der Waals surface area (Å²) in [4.78, 5) is 20.6. The second-order valence-electron chi connectivity index (χ2n) is 8.18. The van der Waals surface area contributed by atoms with E-state index in [2.05, 4.69) is 36.2 Å². The van der Waals surface area contributed by atoms with Gasteiger partial charge >= 0.3 is 0 Å². The van der Waals surface area contributed by atoms with Crippen LogP contribution in [0.3, 0.4) is 0 Å². The minimum Gasteiger partial charge on any atom is -0.311 e. The molecule has 1 aliphatic rings. The maximum absolute atomic E-state index is 13.2. The molecule has 4 rings (SSSR count). The van der Waals surface area contributed by atoms with Crippen LogP contribution in [0.1, 0.15) is 31.7 Å². The molecule has 1 aliphatic heterocycles. The Morgan fingerprint density at radius 3 is 2.66 bits per heavy atom. The molecule has 0 saturated carbocycles. The van der Waals surface area contributed by atoms with E-state index in [1.807, 2.05) is 47.0 Å².